The van der Waals surface area contributed by atoms with Crippen LogP contribution in [0.2, 0.25) is 0 Å². The van der Waals surface area contributed by atoms with Crippen LogP contribution in [-0.2, 0) is 24.0 Å². The van der Waals surface area contributed by atoms with E-state index in [1.165, 1.54) is 11.8 Å². The largest absolute Gasteiger partial charge is 0.480 e. The van der Waals surface area contributed by atoms with Gasteiger partial charge in [-0.3, -0.25) is 24.0 Å². The molecule has 0 radical (unpaired) electrons. The highest BCUT2D eigenvalue weighted by molar-refractivity contribution is 7.98. The molecule has 0 heterocycles. The summed E-state index contributed by atoms with van der Waals surface area (Å²) in [4.78, 5) is 58.8. The van der Waals surface area contributed by atoms with Crippen LogP contribution in [0, 0.1) is 5.92 Å². The van der Waals surface area contributed by atoms with Crippen LogP contribution < -0.4 is 27.4 Å². The van der Waals surface area contributed by atoms with Crippen molar-refractivity contribution in [2.24, 2.45) is 17.4 Å². The number of aliphatic carboxylic acids is 1. The normalized spacial score (nSPS) is 13.8. The molecule has 0 fully saturated rings. The van der Waals surface area contributed by atoms with Crippen molar-refractivity contribution in [1.29, 1.82) is 0 Å². The van der Waals surface area contributed by atoms with Crippen LogP contribution in [0.25, 0.3) is 0 Å². The van der Waals surface area contributed by atoms with Crippen molar-refractivity contribution < 1.29 is 29.1 Å². The molecule has 0 aromatic carbocycles. The number of carboxylic acids is 1. The maximum atomic E-state index is 12.7. The maximum Gasteiger partial charge on any atom is 0.322 e. The lowest BCUT2D eigenvalue weighted by molar-refractivity contribution is -0.139. The standard InChI is InChI=1S/C17H31N5O6S/c1-9(2)14(17(28)20-8-13(24)25)22-16(27)11(4-5-12(19)23)21-15(26)10(18)6-7-29-3/h9-11,14H,4-8,18H2,1-3H3,(H2,19,23)(H,20,28)(H,21,26)(H,22,27)(H,24,25). The SMILES string of the molecule is CSCCC(N)C(=O)NC(CCC(N)=O)C(=O)NC(C(=O)NCC(=O)O)C(C)C. The van der Waals surface area contributed by atoms with E-state index in [0.717, 1.165) is 0 Å². The van der Waals surface area contributed by atoms with Crippen LogP contribution in [0.1, 0.15) is 33.1 Å². The Morgan fingerprint density at radius 3 is 2.10 bits per heavy atom. The number of thioether (sulfide) groups is 1. The summed E-state index contributed by atoms with van der Waals surface area (Å²) in [6, 6.07) is -2.98. The Labute approximate surface area is 174 Å². The van der Waals surface area contributed by atoms with Crippen LogP contribution in [0.4, 0.5) is 0 Å². The number of nitrogens with two attached hydrogens (primary N) is 2. The summed E-state index contributed by atoms with van der Waals surface area (Å²) in [5, 5.41) is 15.9. The molecule has 0 rings (SSSR count). The third-order valence-electron chi connectivity index (χ3n) is 3.94. The van der Waals surface area contributed by atoms with Gasteiger partial charge in [-0.05, 0) is 30.8 Å². The van der Waals surface area contributed by atoms with Gasteiger partial charge in [0.25, 0.3) is 0 Å². The fourth-order valence-corrected chi connectivity index (χ4v) is 2.76. The van der Waals surface area contributed by atoms with Crippen molar-refractivity contribution in [3.05, 3.63) is 0 Å². The molecule has 11 nitrogen and oxygen atoms in total. The van der Waals surface area contributed by atoms with Gasteiger partial charge in [0.2, 0.25) is 23.6 Å². The molecule has 0 saturated heterocycles. The lowest BCUT2D eigenvalue weighted by atomic mass is 10.0. The average molecular weight is 434 g/mol. The smallest absolute Gasteiger partial charge is 0.322 e. The van der Waals surface area contributed by atoms with Crippen LogP contribution in [0.5, 0.6) is 0 Å². The molecule has 0 aromatic heterocycles. The summed E-state index contributed by atoms with van der Waals surface area (Å²) < 4.78 is 0. The van der Waals surface area contributed by atoms with Crippen LogP contribution in [0.15, 0.2) is 0 Å². The Morgan fingerprint density at radius 1 is 1.00 bits per heavy atom. The van der Waals surface area contributed by atoms with Crippen LogP contribution in [-0.4, -0.2) is 71.4 Å². The topological polar surface area (TPSA) is 194 Å². The van der Waals surface area contributed by atoms with Crippen LogP contribution in [0.3, 0.4) is 0 Å². The zero-order valence-corrected chi connectivity index (χ0v) is 17.7. The van der Waals surface area contributed by atoms with Gasteiger partial charge in [-0.2, -0.15) is 11.8 Å². The quantitative estimate of drug-likeness (QED) is 0.184. The van der Waals surface area contributed by atoms with Crippen molar-refractivity contribution in [1.82, 2.24) is 16.0 Å². The van der Waals surface area contributed by atoms with E-state index >= 15 is 0 Å². The molecule has 0 saturated carbocycles. The minimum atomic E-state index is -1.22. The summed E-state index contributed by atoms with van der Waals surface area (Å²) >= 11 is 1.52. The first-order valence-corrected chi connectivity index (χ1v) is 10.5. The molecule has 166 valence electrons. The van der Waals surface area contributed by atoms with E-state index in [1.54, 1.807) is 13.8 Å². The molecule has 8 N–H and O–H groups in total. The van der Waals surface area contributed by atoms with Crippen molar-refractivity contribution in [3.8, 4) is 0 Å². The lowest BCUT2D eigenvalue weighted by Crippen LogP contribution is -2.57. The first-order valence-electron chi connectivity index (χ1n) is 9.12. The van der Waals surface area contributed by atoms with Gasteiger partial charge >= 0.3 is 5.97 Å². The second-order valence-corrected chi connectivity index (χ2v) is 7.78. The summed E-state index contributed by atoms with van der Waals surface area (Å²) in [7, 11) is 0. The van der Waals surface area contributed by atoms with Gasteiger partial charge in [0.1, 0.15) is 18.6 Å². The van der Waals surface area contributed by atoms with E-state index in [1.807, 2.05) is 6.26 Å². The molecule has 0 bridgehead atoms. The number of rotatable bonds is 14. The van der Waals surface area contributed by atoms with Gasteiger partial charge in [0.15, 0.2) is 0 Å². The second kappa shape index (κ2) is 13.8. The zero-order chi connectivity index (χ0) is 22.6. The van der Waals surface area contributed by atoms with E-state index in [0.29, 0.717) is 12.2 Å². The minimum absolute atomic E-state index is 0.0658. The highest BCUT2D eigenvalue weighted by Crippen LogP contribution is 2.06. The summed E-state index contributed by atoms with van der Waals surface area (Å²) in [5.41, 5.74) is 10.9. The third kappa shape index (κ3) is 11.3. The number of carbonyl (C=O) groups is 5. The molecule has 3 atom stereocenters. The predicted octanol–water partition coefficient (Wildman–Crippen LogP) is -1.84. The second-order valence-electron chi connectivity index (χ2n) is 6.80. The van der Waals surface area contributed by atoms with Crippen molar-refractivity contribution in [2.45, 2.75) is 51.2 Å². The molecule has 12 heteroatoms. The average Bonchev–Trinajstić information content (AvgIpc) is 2.64. The first-order chi connectivity index (χ1) is 13.5. The number of carboxylic acid groups (broad SMARTS) is 1. The highest BCUT2D eigenvalue weighted by atomic mass is 32.2. The fourth-order valence-electron chi connectivity index (χ4n) is 2.27. The number of carbonyl (C=O) groups excluding carboxylic acids is 4. The van der Waals surface area contributed by atoms with E-state index in [-0.39, 0.29) is 18.8 Å². The van der Waals surface area contributed by atoms with Gasteiger partial charge in [-0.1, -0.05) is 13.8 Å². The van der Waals surface area contributed by atoms with Gasteiger partial charge in [-0.15, -0.1) is 0 Å². The Hall–Kier alpha value is -2.34. The third-order valence-corrected chi connectivity index (χ3v) is 4.59. The zero-order valence-electron chi connectivity index (χ0n) is 16.9. The Bertz CT molecular complexity index is 601. The maximum absolute atomic E-state index is 12.7. The molecule has 0 aliphatic carbocycles. The molecule has 3 unspecified atom stereocenters. The minimum Gasteiger partial charge on any atom is -0.480 e. The summed E-state index contributed by atoms with van der Waals surface area (Å²) in [5.74, 6) is -3.50. The molecule has 0 aliphatic rings. The fraction of sp³-hybridized carbons (Fsp3) is 0.706. The lowest BCUT2D eigenvalue weighted by Gasteiger charge is -2.25. The molecule has 4 amide bonds. The van der Waals surface area contributed by atoms with Crippen LogP contribution >= 0.6 is 11.8 Å². The number of amides is 4. The number of nitrogens with one attached hydrogen (secondary N) is 3. The molecule has 0 aliphatic heterocycles. The van der Waals surface area contributed by atoms with E-state index in [4.69, 9.17) is 16.6 Å². The van der Waals surface area contributed by atoms with Gasteiger partial charge in [0, 0.05) is 6.42 Å². The number of hydrogen-bond acceptors (Lipinski definition) is 7. The Kier molecular flexibility index (Phi) is 12.7. The Morgan fingerprint density at radius 2 is 1.62 bits per heavy atom. The van der Waals surface area contributed by atoms with Gasteiger partial charge < -0.3 is 32.5 Å². The van der Waals surface area contributed by atoms with E-state index in [2.05, 4.69) is 16.0 Å². The predicted molar refractivity (Wildman–Crippen MR) is 109 cm³/mol. The first kappa shape index (κ1) is 26.7. The van der Waals surface area contributed by atoms with Gasteiger partial charge in [0.05, 0.1) is 6.04 Å². The molecular formula is C17H31N5O6S. The van der Waals surface area contributed by atoms with Crippen molar-refractivity contribution >= 4 is 41.4 Å². The van der Waals surface area contributed by atoms with E-state index in [9.17, 15) is 24.0 Å². The van der Waals surface area contributed by atoms with E-state index < -0.39 is 54.3 Å². The molecule has 0 aromatic rings. The number of hydrogen-bond donors (Lipinski definition) is 6. The van der Waals surface area contributed by atoms with Gasteiger partial charge in [-0.25, -0.2) is 0 Å². The number of primary amides is 1. The monoisotopic (exact) mass is 433 g/mol. The summed E-state index contributed by atoms with van der Waals surface area (Å²) in [6.07, 6.45) is 2.05. The molecule has 29 heavy (non-hydrogen) atoms. The van der Waals surface area contributed by atoms with Crippen molar-refractivity contribution in [2.75, 3.05) is 18.6 Å². The Balaban J connectivity index is 5.19. The summed E-state index contributed by atoms with van der Waals surface area (Å²) in [6.45, 7) is 2.74. The molecule has 0 spiro atoms. The molecular weight excluding hydrogens is 402 g/mol. The highest BCUT2D eigenvalue weighted by Gasteiger charge is 2.30. The van der Waals surface area contributed by atoms with Crippen molar-refractivity contribution in [3.63, 3.8) is 0 Å².